The maximum Gasteiger partial charge on any atom is 0.264 e. The molecule has 0 spiro atoms. The number of hydrogen-bond donors (Lipinski definition) is 1. The minimum absolute atomic E-state index is 0.140. The average molecular weight is 375 g/mol. The van der Waals surface area contributed by atoms with Crippen molar-refractivity contribution >= 4 is 22.6 Å². The Balaban J connectivity index is 1.42. The van der Waals surface area contributed by atoms with Crippen molar-refractivity contribution in [2.75, 3.05) is 5.32 Å². The van der Waals surface area contributed by atoms with Crippen LogP contribution in [0.3, 0.4) is 0 Å². The molecule has 2 aromatic heterocycles. The molecule has 2 aromatic carbocycles. The number of carbonyl (C=O) groups excluding carboxylic acids is 1. The average Bonchev–Trinajstić information content (AvgIpc) is 3.08. The van der Waals surface area contributed by atoms with E-state index >= 15 is 0 Å². The smallest absolute Gasteiger partial charge is 0.264 e. The van der Waals surface area contributed by atoms with E-state index in [1.165, 1.54) is 21.8 Å². The third kappa shape index (κ3) is 3.61. The van der Waals surface area contributed by atoms with Crippen LogP contribution in [0.15, 0.2) is 71.9 Å². The molecule has 0 aliphatic rings. The summed E-state index contributed by atoms with van der Waals surface area (Å²) in [4.78, 5) is 28.9. The molecule has 0 aliphatic carbocycles. The number of anilines is 1. The lowest BCUT2D eigenvalue weighted by Gasteiger charge is -2.09. The van der Waals surface area contributed by atoms with Crippen LogP contribution in [-0.4, -0.2) is 25.2 Å². The van der Waals surface area contributed by atoms with E-state index in [9.17, 15) is 9.59 Å². The Hall–Kier alpha value is -3.94. The Kier molecular flexibility index (Phi) is 4.59. The summed E-state index contributed by atoms with van der Waals surface area (Å²) < 4.78 is 8.49. The van der Waals surface area contributed by atoms with Crippen LogP contribution in [0.25, 0.3) is 11.0 Å². The number of carbonyl (C=O) groups is 1. The summed E-state index contributed by atoms with van der Waals surface area (Å²) >= 11 is 0. The Labute approximate surface area is 160 Å². The summed E-state index contributed by atoms with van der Waals surface area (Å²) in [5.41, 5.74) is 0.782. The molecule has 0 unspecified atom stereocenters. The van der Waals surface area contributed by atoms with Crippen molar-refractivity contribution in [1.82, 2.24) is 19.3 Å². The van der Waals surface area contributed by atoms with Crippen LogP contribution in [-0.2, 0) is 18.4 Å². The topological polar surface area (TPSA) is 91.0 Å². The highest BCUT2D eigenvalue weighted by Gasteiger charge is 2.11. The van der Waals surface area contributed by atoms with E-state index in [0.717, 1.165) is 5.75 Å². The predicted molar refractivity (Wildman–Crippen MR) is 104 cm³/mol. The van der Waals surface area contributed by atoms with Gasteiger partial charge in [0, 0.05) is 12.7 Å². The third-order valence-electron chi connectivity index (χ3n) is 4.15. The minimum atomic E-state index is -0.330. The zero-order valence-electron chi connectivity index (χ0n) is 15.1. The Morgan fingerprint density at radius 3 is 2.54 bits per heavy atom. The van der Waals surface area contributed by atoms with Gasteiger partial charge in [-0.25, -0.2) is 4.98 Å². The van der Waals surface area contributed by atoms with Gasteiger partial charge in [0.15, 0.2) is 5.65 Å². The Morgan fingerprint density at radius 1 is 1.07 bits per heavy atom. The summed E-state index contributed by atoms with van der Waals surface area (Å²) in [6, 6.07) is 16.4. The normalized spacial score (nSPS) is 10.8. The van der Waals surface area contributed by atoms with Crippen LogP contribution in [0.4, 0.5) is 5.69 Å². The summed E-state index contributed by atoms with van der Waals surface area (Å²) in [5, 5.41) is 7.15. The molecule has 0 atom stereocenters. The van der Waals surface area contributed by atoms with Crippen molar-refractivity contribution in [3.05, 3.63) is 77.5 Å². The van der Waals surface area contributed by atoms with Crippen LogP contribution < -0.4 is 15.6 Å². The zero-order chi connectivity index (χ0) is 19.5. The van der Waals surface area contributed by atoms with Crippen molar-refractivity contribution in [2.45, 2.75) is 6.54 Å². The first-order valence-corrected chi connectivity index (χ1v) is 8.60. The molecule has 8 heteroatoms. The Bertz CT molecular complexity index is 1180. The monoisotopic (exact) mass is 375 g/mol. The van der Waals surface area contributed by atoms with E-state index in [1.54, 1.807) is 31.3 Å². The Morgan fingerprint density at radius 2 is 1.79 bits per heavy atom. The van der Waals surface area contributed by atoms with Gasteiger partial charge in [0.1, 0.15) is 29.8 Å². The molecule has 28 heavy (non-hydrogen) atoms. The fourth-order valence-electron chi connectivity index (χ4n) is 2.77. The first kappa shape index (κ1) is 17.5. The van der Waals surface area contributed by atoms with Gasteiger partial charge in [-0.3, -0.25) is 18.8 Å². The summed E-state index contributed by atoms with van der Waals surface area (Å²) in [6.07, 6.45) is 2.80. The number of aryl methyl sites for hydroxylation is 1. The van der Waals surface area contributed by atoms with Crippen molar-refractivity contribution in [3.8, 4) is 11.5 Å². The number of rotatable bonds is 5. The molecule has 140 valence electrons. The molecule has 2 heterocycles. The number of hydrogen-bond acceptors (Lipinski definition) is 5. The fourth-order valence-corrected chi connectivity index (χ4v) is 2.77. The summed E-state index contributed by atoms with van der Waals surface area (Å²) in [7, 11) is 1.71. The first-order chi connectivity index (χ1) is 13.6. The van der Waals surface area contributed by atoms with Gasteiger partial charge in [0.2, 0.25) is 5.91 Å². The van der Waals surface area contributed by atoms with Gasteiger partial charge in [-0.15, -0.1) is 0 Å². The van der Waals surface area contributed by atoms with Gasteiger partial charge >= 0.3 is 0 Å². The molecule has 0 bridgehead atoms. The van der Waals surface area contributed by atoms with Gasteiger partial charge in [0.25, 0.3) is 5.56 Å². The van der Waals surface area contributed by atoms with Gasteiger partial charge in [-0.1, -0.05) is 18.2 Å². The van der Waals surface area contributed by atoms with Crippen molar-refractivity contribution < 1.29 is 9.53 Å². The number of para-hydroxylation sites is 1. The predicted octanol–water partition coefficient (Wildman–Crippen LogP) is 2.56. The maximum absolute atomic E-state index is 12.4. The highest BCUT2D eigenvalue weighted by Crippen LogP contribution is 2.22. The van der Waals surface area contributed by atoms with Crippen LogP contribution in [0, 0.1) is 0 Å². The second kappa shape index (κ2) is 7.36. The van der Waals surface area contributed by atoms with Gasteiger partial charge < -0.3 is 10.1 Å². The molecule has 0 fully saturated rings. The van der Waals surface area contributed by atoms with Crippen LogP contribution >= 0.6 is 0 Å². The van der Waals surface area contributed by atoms with E-state index in [-0.39, 0.29) is 18.0 Å². The number of nitrogens with one attached hydrogen (secondary N) is 1. The number of aromatic nitrogens is 4. The SMILES string of the molecule is Cn1ncc2c(=O)n(CC(=O)Nc3ccc(Oc4ccccc4)cc3)cnc21. The second-order valence-electron chi connectivity index (χ2n) is 6.17. The van der Waals surface area contributed by atoms with E-state index in [1.807, 2.05) is 30.3 Å². The molecular weight excluding hydrogens is 358 g/mol. The molecule has 0 saturated carbocycles. The van der Waals surface area contributed by atoms with Crippen LogP contribution in [0.1, 0.15) is 0 Å². The lowest BCUT2D eigenvalue weighted by molar-refractivity contribution is -0.116. The summed E-state index contributed by atoms with van der Waals surface area (Å²) in [6.45, 7) is -0.140. The molecule has 0 radical (unpaired) electrons. The first-order valence-electron chi connectivity index (χ1n) is 8.60. The van der Waals surface area contributed by atoms with Crippen LogP contribution in [0.2, 0.25) is 0 Å². The van der Waals surface area contributed by atoms with E-state index in [0.29, 0.717) is 22.5 Å². The lowest BCUT2D eigenvalue weighted by Crippen LogP contribution is -2.27. The highest BCUT2D eigenvalue weighted by molar-refractivity contribution is 5.90. The molecule has 0 saturated heterocycles. The molecule has 1 N–H and O–H groups in total. The molecule has 0 aliphatic heterocycles. The van der Waals surface area contributed by atoms with Gasteiger partial charge in [0.05, 0.1) is 6.20 Å². The lowest BCUT2D eigenvalue weighted by atomic mass is 10.3. The standard InChI is InChI=1S/C20H17N5O3/c1-24-19-17(11-22-24)20(27)25(13-21-19)12-18(26)23-14-7-9-16(10-8-14)28-15-5-3-2-4-6-15/h2-11,13H,12H2,1H3,(H,23,26). The number of amides is 1. The maximum atomic E-state index is 12.4. The largest absolute Gasteiger partial charge is 0.457 e. The zero-order valence-corrected chi connectivity index (χ0v) is 15.1. The molecule has 1 amide bonds. The highest BCUT2D eigenvalue weighted by atomic mass is 16.5. The summed E-state index contributed by atoms with van der Waals surface area (Å²) in [5.74, 6) is 1.06. The number of fused-ring (bicyclic) bond motifs is 1. The molecule has 4 rings (SSSR count). The third-order valence-corrected chi connectivity index (χ3v) is 4.15. The van der Waals surface area contributed by atoms with Gasteiger partial charge in [-0.2, -0.15) is 5.10 Å². The molecule has 4 aromatic rings. The van der Waals surface area contributed by atoms with E-state index < -0.39 is 0 Å². The fraction of sp³-hybridized carbons (Fsp3) is 0.100. The molecule has 8 nitrogen and oxygen atoms in total. The van der Waals surface area contributed by atoms with Crippen molar-refractivity contribution in [2.24, 2.45) is 7.05 Å². The molecular formula is C20H17N5O3. The van der Waals surface area contributed by atoms with Crippen molar-refractivity contribution in [1.29, 1.82) is 0 Å². The van der Waals surface area contributed by atoms with E-state index in [4.69, 9.17) is 4.74 Å². The van der Waals surface area contributed by atoms with Gasteiger partial charge in [-0.05, 0) is 36.4 Å². The second-order valence-corrected chi connectivity index (χ2v) is 6.17. The number of benzene rings is 2. The quantitative estimate of drug-likeness (QED) is 0.579. The minimum Gasteiger partial charge on any atom is -0.457 e. The van der Waals surface area contributed by atoms with E-state index in [2.05, 4.69) is 15.4 Å². The number of ether oxygens (including phenoxy) is 1. The van der Waals surface area contributed by atoms with Crippen LogP contribution in [0.5, 0.6) is 11.5 Å². The number of nitrogens with zero attached hydrogens (tertiary/aromatic N) is 4. The van der Waals surface area contributed by atoms with Crippen molar-refractivity contribution in [3.63, 3.8) is 0 Å².